The van der Waals surface area contributed by atoms with E-state index in [1.807, 2.05) is 49.5 Å². The average Bonchev–Trinajstić information content (AvgIpc) is 3.14. The number of aliphatic carboxylic acids is 1. The zero-order chi connectivity index (χ0) is 19.2. The lowest BCUT2D eigenvalue weighted by Gasteiger charge is -2.07. The predicted molar refractivity (Wildman–Crippen MR) is 109 cm³/mol. The van der Waals surface area contributed by atoms with Gasteiger partial charge in [-0.3, -0.25) is 4.79 Å². The molecule has 6 heteroatoms. The topological polar surface area (TPSA) is 59.4 Å². The van der Waals surface area contributed by atoms with Crippen LogP contribution in [-0.2, 0) is 11.2 Å². The summed E-state index contributed by atoms with van der Waals surface area (Å²) in [5.41, 5.74) is 2.82. The summed E-state index contributed by atoms with van der Waals surface area (Å²) in [6.07, 6.45) is 3.78. The van der Waals surface area contributed by atoms with Gasteiger partial charge in [0, 0.05) is 11.8 Å². The summed E-state index contributed by atoms with van der Waals surface area (Å²) in [4.78, 5) is 16.3. The maximum Gasteiger partial charge on any atom is 0.307 e. The molecule has 138 valence electrons. The number of rotatable bonds is 7. The number of carboxylic acids is 1. The Bertz CT molecular complexity index is 967. The molecule has 1 aromatic heterocycles. The van der Waals surface area contributed by atoms with E-state index in [4.69, 9.17) is 21.4 Å². The third kappa shape index (κ3) is 5.18. The predicted octanol–water partition coefficient (Wildman–Crippen LogP) is 5.57. The molecule has 0 radical (unpaired) electrons. The van der Waals surface area contributed by atoms with Crippen LogP contribution in [0.2, 0.25) is 5.02 Å². The summed E-state index contributed by atoms with van der Waals surface area (Å²) >= 11 is 7.80. The van der Waals surface area contributed by atoms with E-state index in [9.17, 15) is 4.79 Å². The Morgan fingerprint density at radius 1 is 1.26 bits per heavy atom. The van der Waals surface area contributed by atoms with E-state index in [0.29, 0.717) is 22.9 Å². The molecule has 2 aromatic carbocycles. The van der Waals surface area contributed by atoms with Crippen molar-refractivity contribution >= 4 is 34.5 Å². The number of benzene rings is 2. The largest absolute Gasteiger partial charge is 0.488 e. The molecule has 0 aliphatic carbocycles. The summed E-state index contributed by atoms with van der Waals surface area (Å²) < 4.78 is 5.71. The van der Waals surface area contributed by atoms with Crippen molar-refractivity contribution in [2.45, 2.75) is 13.3 Å². The van der Waals surface area contributed by atoms with Crippen LogP contribution < -0.4 is 4.74 Å². The quantitative estimate of drug-likeness (QED) is 0.564. The number of halogens is 1. The van der Waals surface area contributed by atoms with Gasteiger partial charge < -0.3 is 9.84 Å². The van der Waals surface area contributed by atoms with Crippen molar-refractivity contribution in [3.05, 3.63) is 76.3 Å². The van der Waals surface area contributed by atoms with E-state index in [-0.39, 0.29) is 6.42 Å². The smallest absolute Gasteiger partial charge is 0.307 e. The molecule has 0 spiro atoms. The van der Waals surface area contributed by atoms with Crippen LogP contribution in [0, 0.1) is 0 Å². The third-order valence-electron chi connectivity index (χ3n) is 3.90. The van der Waals surface area contributed by atoms with E-state index < -0.39 is 5.97 Å². The zero-order valence-corrected chi connectivity index (χ0v) is 16.3. The summed E-state index contributed by atoms with van der Waals surface area (Å²) in [5, 5.41) is 10.2. The Hall–Kier alpha value is -2.63. The number of thiazole rings is 1. The molecule has 1 heterocycles. The molecule has 0 aliphatic rings. The Morgan fingerprint density at radius 2 is 2.04 bits per heavy atom. The molecule has 0 atom stereocenters. The highest BCUT2D eigenvalue weighted by Crippen LogP contribution is 2.29. The SMILES string of the molecule is CC(=CCOc1ccc(CC(=O)O)cc1Cl)c1cnc(-c2ccccc2)s1. The monoisotopic (exact) mass is 399 g/mol. The maximum absolute atomic E-state index is 10.8. The second-order valence-electron chi connectivity index (χ2n) is 5.93. The van der Waals surface area contributed by atoms with E-state index in [1.165, 1.54) is 0 Å². The van der Waals surface area contributed by atoms with Gasteiger partial charge in [0.25, 0.3) is 0 Å². The van der Waals surface area contributed by atoms with Crippen molar-refractivity contribution in [1.82, 2.24) is 4.98 Å². The van der Waals surface area contributed by atoms with Crippen LogP contribution in [0.25, 0.3) is 16.1 Å². The van der Waals surface area contributed by atoms with Crippen LogP contribution in [0.4, 0.5) is 0 Å². The summed E-state index contributed by atoms with van der Waals surface area (Å²) in [7, 11) is 0. The van der Waals surface area contributed by atoms with Crippen molar-refractivity contribution in [2.24, 2.45) is 0 Å². The minimum Gasteiger partial charge on any atom is -0.488 e. The van der Waals surface area contributed by atoms with Crippen molar-refractivity contribution in [1.29, 1.82) is 0 Å². The Kier molecular flexibility index (Phi) is 6.27. The van der Waals surface area contributed by atoms with E-state index in [1.54, 1.807) is 29.5 Å². The zero-order valence-electron chi connectivity index (χ0n) is 14.7. The standard InChI is InChI=1S/C21H18ClNO3S/c1-14(19-13-23-21(27-19)16-5-3-2-4-6-16)9-10-26-18-8-7-15(11-17(18)22)12-20(24)25/h2-9,11,13H,10,12H2,1H3,(H,24,25). The van der Waals surface area contributed by atoms with Gasteiger partial charge in [0.05, 0.1) is 16.3 Å². The van der Waals surface area contributed by atoms with E-state index in [0.717, 1.165) is 21.0 Å². The van der Waals surface area contributed by atoms with Gasteiger partial charge in [0.1, 0.15) is 17.4 Å². The van der Waals surface area contributed by atoms with Crippen molar-refractivity contribution < 1.29 is 14.6 Å². The Morgan fingerprint density at radius 3 is 2.74 bits per heavy atom. The van der Waals surface area contributed by atoms with Gasteiger partial charge in [-0.15, -0.1) is 11.3 Å². The highest BCUT2D eigenvalue weighted by atomic mass is 35.5. The van der Waals surface area contributed by atoms with Gasteiger partial charge in [-0.1, -0.05) is 48.0 Å². The first kappa shape index (κ1) is 19.1. The highest BCUT2D eigenvalue weighted by molar-refractivity contribution is 7.16. The molecule has 3 aromatic rings. The number of nitrogens with zero attached hydrogens (tertiary/aromatic N) is 1. The lowest BCUT2D eigenvalue weighted by atomic mass is 10.1. The van der Waals surface area contributed by atoms with Crippen LogP contribution in [0.5, 0.6) is 5.75 Å². The molecule has 27 heavy (non-hydrogen) atoms. The summed E-state index contributed by atoms with van der Waals surface area (Å²) in [5.74, 6) is -0.359. The van der Waals surface area contributed by atoms with Gasteiger partial charge in [-0.2, -0.15) is 0 Å². The van der Waals surface area contributed by atoms with E-state index in [2.05, 4.69) is 4.98 Å². The molecule has 0 amide bonds. The second kappa shape index (κ2) is 8.84. The molecule has 0 unspecified atom stereocenters. The molecular formula is C21H18ClNO3S. The van der Waals surface area contributed by atoms with Crippen LogP contribution in [0.15, 0.2) is 60.8 Å². The molecule has 0 saturated heterocycles. The molecule has 1 N–H and O–H groups in total. The van der Waals surface area contributed by atoms with Crippen LogP contribution in [-0.4, -0.2) is 22.7 Å². The Labute approximate surface area is 166 Å². The fourth-order valence-electron chi connectivity index (χ4n) is 2.47. The number of allylic oxidation sites excluding steroid dienone is 1. The van der Waals surface area contributed by atoms with Gasteiger partial charge in [0.15, 0.2) is 0 Å². The van der Waals surface area contributed by atoms with Crippen LogP contribution >= 0.6 is 22.9 Å². The fourth-order valence-corrected chi connectivity index (χ4v) is 3.65. The van der Waals surface area contributed by atoms with Crippen molar-refractivity contribution in [3.63, 3.8) is 0 Å². The molecule has 0 saturated carbocycles. The normalized spacial score (nSPS) is 11.4. The fraction of sp³-hybridized carbons (Fsp3) is 0.143. The minimum absolute atomic E-state index is 0.0614. The number of hydrogen-bond acceptors (Lipinski definition) is 4. The number of carbonyl (C=O) groups is 1. The molecular weight excluding hydrogens is 382 g/mol. The van der Waals surface area contributed by atoms with Crippen LogP contribution in [0.3, 0.4) is 0 Å². The average molecular weight is 400 g/mol. The second-order valence-corrected chi connectivity index (χ2v) is 7.37. The van der Waals surface area contributed by atoms with Gasteiger partial charge in [-0.05, 0) is 36.3 Å². The van der Waals surface area contributed by atoms with Gasteiger partial charge in [0.2, 0.25) is 0 Å². The lowest BCUT2D eigenvalue weighted by molar-refractivity contribution is -0.136. The lowest BCUT2D eigenvalue weighted by Crippen LogP contribution is -2.01. The van der Waals surface area contributed by atoms with Crippen molar-refractivity contribution in [2.75, 3.05) is 6.61 Å². The first-order chi connectivity index (χ1) is 13.0. The maximum atomic E-state index is 10.8. The first-order valence-corrected chi connectivity index (χ1v) is 9.54. The van der Waals surface area contributed by atoms with Crippen molar-refractivity contribution in [3.8, 4) is 16.3 Å². The molecule has 0 fully saturated rings. The number of hydrogen-bond donors (Lipinski definition) is 1. The minimum atomic E-state index is -0.891. The number of carboxylic acid groups (broad SMARTS) is 1. The van der Waals surface area contributed by atoms with Gasteiger partial charge in [-0.25, -0.2) is 4.98 Å². The highest BCUT2D eigenvalue weighted by Gasteiger charge is 2.07. The molecule has 4 nitrogen and oxygen atoms in total. The summed E-state index contributed by atoms with van der Waals surface area (Å²) in [6.45, 7) is 2.38. The Balaban J connectivity index is 1.63. The third-order valence-corrected chi connectivity index (χ3v) is 5.37. The molecule has 0 aliphatic heterocycles. The van der Waals surface area contributed by atoms with Gasteiger partial charge >= 0.3 is 5.97 Å². The van der Waals surface area contributed by atoms with E-state index >= 15 is 0 Å². The summed E-state index contributed by atoms with van der Waals surface area (Å²) in [6, 6.07) is 15.1. The molecule has 3 rings (SSSR count). The molecule has 0 bridgehead atoms. The van der Waals surface area contributed by atoms with Crippen LogP contribution in [0.1, 0.15) is 17.4 Å². The number of ether oxygens (including phenoxy) is 1. The first-order valence-electron chi connectivity index (χ1n) is 8.34. The number of aromatic nitrogens is 1.